The van der Waals surface area contributed by atoms with Crippen molar-refractivity contribution in [2.24, 2.45) is 0 Å². The second-order valence-electron chi connectivity index (χ2n) is 8.09. The first kappa shape index (κ1) is 21.5. The Kier molecular flexibility index (Phi) is 5.69. The minimum Gasteiger partial charge on any atom is -0.352 e. The largest absolute Gasteiger partial charge is 0.352 e. The highest BCUT2D eigenvalue weighted by atomic mass is 19.1. The molecule has 0 radical (unpaired) electrons. The summed E-state index contributed by atoms with van der Waals surface area (Å²) < 4.78 is 13.7. The molecule has 2 aromatic carbocycles. The van der Waals surface area contributed by atoms with Gasteiger partial charge in [-0.3, -0.25) is 28.9 Å². The molecule has 1 unspecified atom stereocenters. The van der Waals surface area contributed by atoms with E-state index >= 15 is 0 Å². The third-order valence-corrected chi connectivity index (χ3v) is 5.86. The van der Waals surface area contributed by atoms with Crippen LogP contribution < -0.4 is 5.32 Å². The van der Waals surface area contributed by atoms with E-state index in [-0.39, 0.29) is 60.9 Å². The van der Waals surface area contributed by atoms with Crippen LogP contribution in [0.15, 0.2) is 36.4 Å². The number of hydrogen-bond donors (Lipinski definition) is 1. The molecule has 1 aliphatic heterocycles. The average Bonchev–Trinajstić information content (AvgIpc) is 3.00. The highest BCUT2D eigenvalue weighted by Gasteiger charge is 2.45. The topological polar surface area (TPSA) is 101 Å². The Labute approximate surface area is 183 Å². The van der Waals surface area contributed by atoms with E-state index in [9.17, 15) is 28.4 Å². The number of benzene rings is 2. The Morgan fingerprint density at radius 2 is 1.91 bits per heavy atom. The van der Waals surface area contributed by atoms with E-state index in [1.54, 1.807) is 31.2 Å². The second-order valence-corrected chi connectivity index (χ2v) is 8.09. The molecular formula is C24H21FN2O5. The maximum absolute atomic E-state index is 13.7. The van der Waals surface area contributed by atoms with Crippen LogP contribution in [-0.2, 0) is 27.3 Å². The van der Waals surface area contributed by atoms with E-state index in [2.05, 4.69) is 5.32 Å². The van der Waals surface area contributed by atoms with Crippen molar-refractivity contribution in [3.8, 4) is 0 Å². The van der Waals surface area contributed by atoms with Crippen LogP contribution in [0.1, 0.15) is 56.7 Å². The summed E-state index contributed by atoms with van der Waals surface area (Å²) >= 11 is 0. The zero-order valence-electron chi connectivity index (χ0n) is 17.4. The molecule has 164 valence electrons. The summed E-state index contributed by atoms with van der Waals surface area (Å²) in [4.78, 5) is 63.0. The first-order valence-corrected chi connectivity index (χ1v) is 10.3. The number of ketones is 2. The summed E-state index contributed by atoms with van der Waals surface area (Å²) in [6.45, 7) is 1.63. The van der Waals surface area contributed by atoms with Crippen molar-refractivity contribution in [2.75, 3.05) is 0 Å². The van der Waals surface area contributed by atoms with Gasteiger partial charge in [0.05, 0.1) is 30.0 Å². The molecule has 1 saturated carbocycles. The highest BCUT2D eigenvalue weighted by Crippen LogP contribution is 2.31. The number of fused-ring (bicyclic) bond motifs is 1. The van der Waals surface area contributed by atoms with Crippen LogP contribution in [0, 0.1) is 12.7 Å². The molecule has 1 heterocycles. The smallest absolute Gasteiger partial charge is 0.262 e. The molecule has 1 fully saturated rings. The molecule has 32 heavy (non-hydrogen) atoms. The van der Waals surface area contributed by atoms with E-state index in [4.69, 9.17) is 0 Å². The molecule has 2 aliphatic rings. The summed E-state index contributed by atoms with van der Waals surface area (Å²) in [6.07, 6.45) is -0.0366. The van der Waals surface area contributed by atoms with E-state index < -0.39 is 23.6 Å². The Morgan fingerprint density at radius 3 is 2.62 bits per heavy atom. The number of imide groups is 1. The quantitative estimate of drug-likeness (QED) is 0.573. The zero-order valence-corrected chi connectivity index (χ0v) is 17.4. The fraction of sp³-hybridized carbons (Fsp3) is 0.292. The molecule has 0 spiro atoms. The zero-order chi connectivity index (χ0) is 23.0. The third kappa shape index (κ3) is 3.95. The van der Waals surface area contributed by atoms with Crippen LogP contribution in [0.2, 0.25) is 0 Å². The van der Waals surface area contributed by atoms with E-state index in [1.807, 2.05) is 0 Å². The number of Topliss-reactive ketones (excluding diaryl/α,β-unsaturated/α-hetero) is 2. The van der Waals surface area contributed by atoms with Gasteiger partial charge in [-0.05, 0) is 42.2 Å². The highest BCUT2D eigenvalue weighted by molar-refractivity contribution is 6.24. The number of nitrogens with one attached hydrogen (secondary N) is 1. The first-order chi connectivity index (χ1) is 15.3. The fourth-order valence-corrected chi connectivity index (χ4v) is 4.12. The number of carbonyl (C=O) groups is 5. The lowest BCUT2D eigenvalue weighted by Gasteiger charge is -2.27. The van der Waals surface area contributed by atoms with Gasteiger partial charge in [-0.15, -0.1) is 0 Å². The summed E-state index contributed by atoms with van der Waals surface area (Å²) in [6, 6.07) is 8.38. The maximum atomic E-state index is 13.7. The van der Waals surface area contributed by atoms with Crippen molar-refractivity contribution < 1.29 is 28.4 Å². The van der Waals surface area contributed by atoms with Gasteiger partial charge in [-0.1, -0.05) is 24.3 Å². The van der Waals surface area contributed by atoms with Crippen molar-refractivity contribution in [1.29, 1.82) is 0 Å². The van der Waals surface area contributed by atoms with Crippen molar-refractivity contribution in [2.45, 2.75) is 45.2 Å². The van der Waals surface area contributed by atoms with Gasteiger partial charge >= 0.3 is 0 Å². The molecule has 1 atom stereocenters. The molecule has 3 amide bonds. The maximum Gasteiger partial charge on any atom is 0.262 e. The Bertz CT molecular complexity index is 1170. The molecule has 1 aliphatic carbocycles. The fourth-order valence-electron chi connectivity index (χ4n) is 4.12. The molecule has 0 bridgehead atoms. The van der Waals surface area contributed by atoms with Crippen LogP contribution in [0.25, 0.3) is 0 Å². The normalized spacial score (nSPS) is 18.2. The molecule has 8 heteroatoms. The Hall–Kier alpha value is -3.68. The lowest BCUT2D eigenvalue weighted by Crippen LogP contribution is -2.47. The predicted molar refractivity (Wildman–Crippen MR) is 111 cm³/mol. The van der Waals surface area contributed by atoms with Crippen molar-refractivity contribution >= 4 is 29.3 Å². The van der Waals surface area contributed by atoms with E-state index in [1.165, 1.54) is 12.1 Å². The number of hydrogen-bond acceptors (Lipinski definition) is 5. The number of nitrogens with zero attached hydrogens (tertiary/aromatic N) is 1. The summed E-state index contributed by atoms with van der Waals surface area (Å²) in [5.74, 6) is -2.54. The van der Waals surface area contributed by atoms with Crippen LogP contribution >= 0.6 is 0 Å². The van der Waals surface area contributed by atoms with Gasteiger partial charge < -0.3 is 5.32 Å². The summed E-state index contributed by atoms with van der Waals surface area (Å²) in [7, 11) is 0. The lowest BCUT2D eigenvalue weighted by atomic mass is 9.92. The SMILES string of the molecule is Cc1ccc(CC(=O)NCc2cccc3c2C(=O)N(C2CCC(=O)CC2=O)C3=O)cc1F. The second kappa shape index (κ2) is 8.45. The third-order valence-electron chi connectivity index (χ3n) is 5.86. The van der Waals surface area contributed by atoms with E-state index in [0.717, 1.165) is 4.90 Å². The average molecular weight is 436 g/mol. The van der Waals surface area contributed by atoms with Crippen molar-refractivity contribution in [1.82, 2.24) is 10.2 Å². The number of halogens is 1. The predicted octanol–water partition coefficient (Wildman–Crippen LogP) is 2.28. The molecule has 0 aromatic heterocycles. The van der Waals surface area contributed by atoms with Gasteiger partial charge in [0, 0.05) is 13.0 Å². The minimum absolute atomic E-state index is 0.000307. The summed E-state index contributed by atoms with van der Waals surface area (Å²) in [5, 5.41) is 2.70. The van der Waals surface area contributed by atoms with Crippen LogP contribution in [0.5, 0.6) is 0 Å². The number of amides is 3. The lowest BCUT2D eigenvalue weighted by molar-refractivity contribution is -0.132. The molecular weight excluding hydrogens is 415 g/mol. The van der Waals surface area contributed by atoms with E-state index in [0.29, 0.717) is 16.7 Å². The standard InChI is InChI=1S/C24H21FN2O5/c1-13-5-6-14(9-18(13)25)10-21(30)26-12-15-3-2-4-17-22(15)24(32)27(23(17)31)19-8-7-16(28)11-20(19)29/h2-6,9,19H,7-8,10-12H2,1H3,(H,26,30). The first-order valence-electron chi connectivity index (χ1n) is 10.3. The molecule has 1 N–H and O–H groups in total. The van der Waals surface area contributed by atoms with Gasteiger partial charge in [0.1, 0.15) is 11.6 Å². The van der Waals surface area contributed by atoms with Gasteiger partial charge in [0.15, 0.2) is 5.78 Å². The van der Waals surface area contributed by atoms with Crippen molar-refractivity contribution in [3.63, 3.8) is 0 Å². The Balaban J connectivity index is 1.49. The molecule has 2 aromatic rings. The van der Waals surface area contributed by atoms with Crippen LogP contribution in [0.4, 0.5) is 4.39 Å². The number of rotatable bonds is 5. The summed E-state index contributed by atoms with van der Waals surface area (Å²) in [5.41, 5.74) is 1.79. The number of aryl methyl sites for hydroxylation is 1. The Morgan fingerprint density at radius 1 is 1.12 bits per heavy atom. The van der Waals surface area contributed by atoms with Gasteiger partial charge in [0.25, 0.3) is 11.8 Å². The monoisotopic (exact) mass is 436 g/mol. The van der Waals surface area contributed by atoms with Gasteiger partial charge in [0.2, 0.25) is 5.91 Å². The molecule has 7 nitrogen and oxygen atoms in total. The van der Waals surface area contributed by atoms with Crippen LogP contribution in [-0.4, -0.2) is 40.2 Å². The van der Waals surface area contributed by atoms with Crippen molar-refractivity contribution in [3.05, 3.63) is 70.0 Å². The minimum atomic E-state index is -0.945. The number of carbonyl (C=O) groups excluding carboxylic acids is 5. The van der Waals surface area contributed by atoms with Crippen LogP contribution in [0.3, 0.4) is 0 Å². The molecule has 0 saturated heterocycles. The van der Waals surface area contributed by atoms with Gasteiger partial charge in [-0.2, -0.15) is 0 Å². The van der Waals surface area contributed by atoms with Gasteiger partial charge in [-0.25, -0.2) is 4.39 Å². The molecule has 4 rings (SSSR count).